The minimum absolute atomic E-state index is 0.312. The Kier molecular flexibility index (Phi) is 8.11. The first-order chi connectivity index (χ1) is 28.5. The zero-order chi connectivity index (χ0) is 39.3. The molecule has 58 heavy (non-hydrogen) atoms. The van der Waals surface area contributed by atoms with Crippen LogP contribution in [0.3, 0.4) is 0 Å². The van der Waals surface area contributed by atoms with Crippen LogP contribution in [0.25, 0.3) is 72.0 Å². The molecule has 2 heterocycles. The van der Waals surface area contributed by atoms with E-state index in [1.165, 1.54) is 4.90 Å². The molecule has 0 N–H and O–H groups in total. The molecule has 0 bridgehead atoms. The molecule has 9 aromatic rings. The van der Waals surface area contributed by atoms with Gasteiger partial charge >= 0.3 is 0 Å². The minimum Gasteiger partial charge on any atom is -0.308 e. The number of imide groups is 1. The Morgan fingerprint density at radius 1 is 0.397 bits per heavy atom. The zero-order valence-corrected chi connectivity index (χ0v) is 30.9. The largest absolute Gasteiger partial charge is 0.308 e. The Balaban J connectivity index is 1.19. The number of hydrogen-bond donors (Lipinski definition) is 0. The molecule has 0 saturated carbocycles. The molecule has 0 unspecified atom stereocenters. The fourth-order valence-corrected chi connectivity index (χ4v) is 8.20. The van der Waals surface area contributed by atoms with E-state index < -0.39 is 11.8 Å². The second-order valence-corrected chi connectivity index (χ2v) is 14.3. The highest BCUT2D eigenvalue weighted by Crippen LogP contribution is 2.42. The summed E-state index contributed by atoms with van der Waals surface area (Å²) in [5, 5.41) is 21.3. The maximum Gasteiger partial charge on any atom is 0.268 e. The van der Waals surface area contributed by atoms with E-state index in [1.54, 1.807) is 18.2 Å². The lowest BCUT2D eigenvalue weighted by Gasteiger charge is -2.18. The molecule has 1 aliphatic rings. The third kappa shape index (κ3) is 5.64. The number of fused-ring (bicyclic) bond motifs is 4. The van der Waals surface area contributed by atoms with Crippen molar-refractivity contribution in [3.05, 3.63) is 204 Å². The van der Waals surface area contributed by atoms with Crippen LogP contribution < -0.4 is 4.90 Å². The minimum atomic E-state index is -0.412. The molecular formula is C52H30N4O2. The summed E-state index contributed by atoms with van der Waals surface area (Å²) in [4.78, 5) is 30.9. The Morgan fingerprint density at radius 2 is 0.879 bits per heavy atom. The van der Waals surface area contributed by atoms with E-state index in [-0.39, 0.29) is 0 Å². The summed E-state index contributed by atoms with van der Waals surface area (Å²) in [7, 11) is 0. The van der Waals surface area contributed by atoms with Crippen LogP contribution in [0, 0.1) is 22.7 Å². The van der Waals surface area contributed by atoms with E-state index in [0.29, 0.717) is 33.6 Å². The van der Waals surface area contributed by atoms with Gasteiger partial charge in [0.15, 0.2) is 0 Å². The van der Waals surface area contributed by atoms with Gasteiger partial charge in [-0.2, -0.15) is 10.5 Å². The predicted octanol–water partition coefficient (Wildman–Crippen LogP) is 12.0. The molecule has 0 atom stereocenters. The van der Waals surface area contributed by atoms with Crippen LogP contribution >= 0.6 is 0 Å². The van der Waals surface area contributed by atoms with Crippen molar-refractivity contribution in [3.63, 3.8) is 0 Å². The highest BCUT2D eigenvalue weighted by Gasteiger charge is 2.39. The number of nitrogens with zero attached hydrogens (tertiary/aromatic N) is 4. The lowest BCUT2D eigenvalue weighted by molar-refractivity contribution is 0.0926. The summed E-state index contributed by atoms with van der Waals surface area (Å²) in [6.45, 7) is 0. The number of carbonyl (C=O) groups is 2. The molecular weight excluding hydrogens is 713 g/mol. The number of amides is 2. The first-order valence-electron chi connectivity index (χ1n) is 18.9. The van der Waals surface area contributed by atoms with Crippen LogP contribution in [0.4, 0.5) is 5.69 Å². The van der Waals surface area contributed by atoms with Crippen LogP contribution in [0.1, 0.15) is 31.8 Å². The molecule has 0 spiro atoms. The third-order valence-corrected chi connectivity index (χ3v) is 10.9. The highest BCUT2D eigenvalue weighted by molar-refractivity contribution is 6.36. The third-order valence-electron chi connectivity index (χ3n) is 10.9. The zero-order valence-electron chi connectivity index (χ0n) is 30.9. The molecule has 6 nitrogen and oxygen atoms in total. The maximum absolute atomic E-state index is 15.0. The number of carbonyl (C=O) groups excluding carboxylic acids is 2. The summed E-state index contributed by atoms with van der Waals surface area (Å²) in [5.41, 5.74) is 11.8. The normalized spacial score (nSPS) is 12.1. The molecule has 0 radical (unpaired) electrons. The predicted molar refractivity (Wildman–Crippen MR) is 230 cm³/mol. The van der Waals surface area contributed by atoms with Crippen molar-refractivity contribution >= 4 is 39.3 Å². The molecule has 2 amide bonds. The van der Waals surface area contributed by atoms with Crippen LogP contribution in [0.2, 0.25) is 0 Å². The van der Waals surface area contributed by atoms with Crippen LogP contribution in [0.15, 0.2) is 182 Å². The molecule has 1 aliphatic heterocycles. The number of nitriles is 2. The van der Waals surface area contributed by atoms with Gasteiger partial charge in [0.1, 0.15) is 0 Å². The highest BCUT2D eigenvalue weighted by atomic mass is 16.2. The summed E-state index contributed by atoms with van der Waals surface area (Å²) in [6.07, 6.45) is 0. The van der Waals surface area contributed by atoms with Gasteiger partial charge < -0.3 is 4.57 Å². The molecule has 0 aliphatic carbocycles. The van der Waals surface area contributed by atoms with E-state index in [9.17, 15) is 15.3 Å². The quantitative estimate of drug-likeness (QED) is 0.159. The molecule has 270 valence electrons. The molecule has 6 heteroatoms. The number of rotatable bonds is 6. The van der Waals surface area contributed by atoms with Crippen molar-refractivity contribution in [2.24, 2.45) is 0 Å². The SMILES string of the molecule is N#Cc1cccc(-c2ccc3c4ccc(-c5cccc(C#N)c5)cc4n(-c4cccc5c4C(=O)N(c4cc(-c6ccccc6)cc(-c6ccccc6)c4)C5=O)c3c2)c1. The van der Waals surface area contributed by atoms with Gasteiger partial charge in [-0.3, -0.25) is 9.59 Å². The summed E-state index contributed by atoms with van der Waals surface area (Å²) < 4.78 is 2.07. The molecule has 0 fully saturated rings. The Labute approximate surface area is 334 Å². The van der Waals surface area contributed by atoms with Gasteiger partial charge in [0, 0.05) is 10.8 Å². The van der Waals surface area contributed by atoms with Gasteiger partial charge in [0.05, 0.1) is 56.8 Å². The van der Waals surface area contributed by atoms with Gasteiger partial charge in [-0.25, -0.2) is 4.90 Å². The van der Waals surface area contributed by atoms with E-state index in [2.05, 4.69) is 47.0 Å². The Morgan fingerprint density at radius 3 is 1.40 bits per heavy atom. The van der Waals surface area contributed by atoms with E-state index in [0.717, 1.165) is 66.3 Å². The van der Waals surface area contributed by atoms with E-state index >= 15 is 4.79 Å². The van der Waals surface area contributed by atoms with Crippen LogP contribution in [-0.2, 0) is 0 Å². The fraction of sp³-hybridized carbons (Fsp3) is 0. The monoisotopic (exact) mass is 742 g/mol. The lowest BCUT2D eigenvalue weighted by Crippen LogP contribution is -2.29. The standard InChI is InChI=1S/C52H30N4O2/c53-31-33-10-7-16-37(24-33)39-20-22-44-45-23-21-40(38-17-8-11-34(25-38)32-54)30-49(45)56(48(44)29-39)47-19-9-18-46-50(47)52(58)55(51(46)57)43-27-41(35-12-3-1-4-13-35)26-42(28-43)36-14-5-2-6-15-36/h1-30H. The van der Waals surface area contributed by atoms with Crippen molar-refractivity contribution in [3.8, 4) is 62.3 Å². The molecule has 0 saturated heterocycles. The van der Waals surface area contributed by atoms with Gasteiger partial charge in [-0.15, -0.1) is 0 Å². The maximum atomic E-state index is 15.0. The summed E-state index contributed by atoms with van der Waals surface area (Å²) in [6, 6.07) is 63.1. The van der Waals surface area contributed by atoms with E-state index in [4.69, 9.17) is 0 Å². The molecule has 8 aromatic carbocycles. The van der Waals surface area contributed by atoms with Crippen LogP contribution in [0.5, 0.6) is 0 Å². The van der Waals surface area contributed by atoms with Crippen molar-refractivity contribution in [1.29, 1.82) is 10.5 Å². The fourth-order valence-electron chi connectivity index (χ4n) is 8.20. The van der Waals surface area contributed by atoms with Crippen molar-refractivity contribution in [1.82, 2.24) is 4.57 Å². The average molecular weight is 743 g/mol. The van der Waals surface area contributed by atoms with Gasteiger partial charge in [-0.05, 0) is 111 Å². The average Bonchev–Trinajstić information content (AvgIpc) is 3.75. The van der Waals surface area contributed by atoms with Gasteiger partial charge in [0.25, 0.3) is 11.8 Å². The Hall–Kier alpha value is -8.32. The van der Waals surface area contributed by atoms with Gasteiger partial charge in [-0.1, -0.05) is 115 Å². The van der Waals surface area contributed by atoms with Crippen LogP contribution in [-0.4, -0.2) is 16.4 Å². The first-order valence-corrected chi connectivity index (χ1v) is 18.9. The van der Waals surface area contributed by atoms with Crippen molar-refractivity contribution < 1.29 is 9.59 Å². The number of aromatic nitrogens is 1. The number of hydrogen-bond acceptors (Lipinski definition) is 4. The summed E-state index contributed by atoms with van der Waals surface area (Å²) >= 11 is 0. The van der Waals surface area contributed by atoms with Crippen molar-refractivity contribution in [2.75, 3.05) is 4.90 Å². The summed E-state index contributed by atoms with van der Waals surface area (Å²) in [5.74, 6) is -0.805. The van der Waals surface area contributed by atoms with Crippen molar-refractivity contribution in [2.45, 2.75) is 0 Å². The second kappa shape index (κ2) is 13.8. The topological polar surface area (TPSA) is 89.9 Å². The van der Waals surface area contributed by atoms with E-state index in [1.807, 2.05) is 133 Å². The number of anilines is 1. The number of benzene rings is 8. The molecule has 1 aromatic heterocycles. The molecule has 10 rings (SSSR count). The second-order valence-electron chi connectivity index (χ2n) is 14.3. The Bertz CT molecular complexity index is 3070. The lowest BCUT2D eigenvalue weighted by atomic mass is 9.97. The van der Waals surface area contributed by atoms with Gasteiger partial charge in [0.2, 0.25) is 0 Å². The smallest absolute Gasteiger partial charge is 0.268 e. The first kappa shape index (κ1) is 34.2.